The fourth-order valence-corrected chi connectivity index (χ4v) is 9.16. The first-order valence-electron chi connectivity index (χ1n) is 28.2. The van der Waals surface area contributed by atoms with E-state index in [1.54, 1.807) is 0 Å². The number of rotatable bonds is 50. The molecule has 0 spiro atoms. The van der Waals surface area contributed by atoms with Gasteiger partial charge in [0.05, 0.1) is 19.8 Å². The lowest BCUT2D eigenvalue weighted by Crippen LogP contribution is -2.44. The van der Waals surface area contributed by atoms with Crippen molar-refractivity contribution in [3.63, 3.8) is 0 Å². The predicted molar refractivity (Wildman–Crippen MR) is 273 cm³/mol. The van der Waals surface area contributed by atoms with Crippen molar-refractivity contribution in [3.05, 3.63) is 0 Å². The van der Waals surface area contributed by atoms with E-state index in [0.717, 1.165) is 116 Å². The van der Waals surface area contributed by atoms with Crippen molar-refractivity contribution in [1.82, 2.24) is 9.80 Å². The van der Waals surface area contributed by atoms with Crippen LogP contribution < -0.4 is 0 Å². The van der Waals surface area contributed by atoms with Gasteiger partial charge in [0, 0.05) is 44.9 Å². The Kier molecular flexibility index (Phi) is 46.6. The number of ether oxygens (including phenoxy) is 2. The molecule has 64 heavy (non-hydrogen) atoms. The molecule has 0 radical (unpaired) electrons. The van der Waals surface area contributed by atoms with Gasteiger partial charge in [0.2, 0.25) is 5.91 Å². The van der Waals surface area contributed by atoms with Crippen molar-refractivity contribution in [2.45, 2.75) is 285 Å². The van der Waals surface area contributed by atoms with Crippen LogP contribution in [0.3, 0.4) is 0 Å². The molecule has 0 aromatic carbocycles. The third-order valence-electron chi connectivity index (χ3n) is 13.6. The summed E-state index contributed by atoms with van der Waals surface area (Å²) in [6.45, 7) is 14.6. The second-order valence-electron chi connectivity index (χ2n) is 19.8. The molecule has 0 saturated heterocycles. The maximum Gasteiger partial charge on any atom is 0.305 e. The van der Waals surface area contributed by atoms with Gasteiger partial charge in [-0.2, -0.15) is 0 Å². The van der Waals surface area contributed by atoms with Gasteiger partial charge >= 0.3 is 11.9 Å². The molecule has 1 N–H and O–H groups in total. The van der Waals surface area contributed by atoms with Gasteiger partial charge in [0.25, 0.3) is 0 Å². The Morgan fingerprint density at radius 2 is 0.750 bits per heavy atom. The van der Waals surface area contributed by atoms with Gasteiger partial charge in [-0.25, -0.2) is 0 Å². The monoisotopic (exact) mass is 907 g/mol. The average molecular weight is 908 g/mol. The molecule has 0 rings (SSSR count). The normalized spacial score (nSPS) is 13.0. The smallest absolute Gasteiger partial charge is 0.305 e. The van der Waals surface area contributed by atoms with Crippen LogP contribution in [0.15, 0.2) is 0 Å². The van der Waals surface area contributed by atoms with Gasteiger partial charge in [-0.1, -0.05) is 202 Å². The van der Waals surface area contributed by atoms with Gasteiger partial charge in [0.1, 0.15) is 0 Å². The number of carbonyl (C=O) groups is 3. The molecule has 0 aromatic rings. The molecular formula is C56H110N2O6. The van der Waals surface area contributed by atoms with Crippen LogP contribution in [-0.2, 0) is 23.9 Å². The van der Waals surface area contributed by atoms with Gasteiger partial charge in [-0.15, -0.1) is 0 Å². The Morgan fingerprint density at radius 3 is 1.17 bits per heavy atom. The highest BCUT2D eigenvalue weighted by Gasteiger charge is 2.23. The molecule has 0 aromatic heterocycles. The minimum Gasteiger partial charge on any atom is -0.465 e. The summed E-state index contributed by atoms with van der Waals surface area (Å²) < 4.78 is 11.5. The van der Waals surface area contributed by atoms with Crippen molar-refractivity contribution in [2.75, 3.05) is 46.5 Å². The third kappa shape index (κ3) is 39.5. The van der Waals surface area contributed by atoms with Crippen molar-refractivity contribution in [1.29, 1.82) is 0 Å². The van der Waals surface area contributed by atoms with Crippen LogP contribution in [0.1, 0.15) is 279 Å². The highest BCUT2D eigenvalue weighted by atomic mass is 16.5. The Hall–Kier alpha value is -1.67. The maximum absolute atomic E-state index is 13.9. The summed E-state index contributed by atoms with van der Waals surface area (Å²) in [5, 5.41) is 9.55. The zero-order valence-corrected chi connectivity index (χ0v) is 43.7. The van der Waals surface area contributed by atoms with Gasteiger partial charge in [0.15, 0.2) is 0 Å². The summed E-state index contributed by atoms with van der Waals surface area (Å²) in [6, 6.07) is 0.246. The molecule has 380 valence electrons. The van der Waals surface area contributed by atoms with E-state index < -0.39 is 0 Å². The molecule has 8 nitrogen and oxygen atoms in total. The molecule has 0 saturated carbocycles. The summed E-state index contributed by atoms with van der Waals surface area (Å²) in [4.78, 5) is 43.4. The lowest BCUT2D eigenvalue weighted by molar-refractivity contribution is -0.146. The lowest BCUT2D eigenvalue weighted by Gasteiger charge is -2.34. The molecule has 0 aliphatic heterocycles. The molecule has 0 heterocycles. The number of aliphatic hydroxyl groups excluding tert-OH is 1. The quantitative estimate of drug-likeness (QED) is 0.0480. The van der Waals surface area contributed by atoms with Gasteiger partial charge in [-0.3, -0.25) is 14.4 Å². The topological polar surface area (TPSA) is 96.4 Å². The van der Waals surface area contributed by atoms with E-state index in [9.17, 15) is 19.5 Å². The van der Waals surface area contributed by atoms with E-state index in [1.807, 2.05) is 7.05 Å². The van der Waals surface area contributed by atoms with Crippen LogP contribution in [0.25, 0.3) is 0 Å². The van der Waals surface area contributed by atoms with Crippen LogP contribution in [0, 0.1) is 11.8 Å². The maximum atomic E-state index is 13.9. The molecule has 8 heteroatoms. The fraction of sp³-hybridized carbons (Fsp3) is 0.946. The zero-order valence-electron chi connectivity index (χ0n) is 43.7. The highest BCUT2D eigenvalue weighted by molar-refractivity contribution is 5.76. The number of nitrogens with zero attached hydrogens (tertiary/aromatic N) is 2. The minimum absolute atomic E-state index is 0.0211. The van der Waals surface area contributed by atoms with Crippen LogP contribution in [0.5, 0.6) is 0 Å². The van der Waals surface area contributed by atoms with Crippen molar-refractivity contribution in [3.8, 4) is 0 Å². The van der Waals surface area contributed by atoms with Crippen LogP contribution in [-0.4, -0.2) is 85.3 Å². The van der Waals surface area contributed by atoms with Crippen LogP contribution >= 0.6 is 0 Å². The third-order valence-corrected chi connectivity index (χ3v) is 13.6. The van der Waals surface area contributed by atoms with Gasteiger partial charge in [-0.05, 0) is 76.7 Å². The fourth-order valence-electron chi connectivity index (χ4n) is 9.16. The number of aliphatic hydroxyl groups is 1. The Balaban J connectivity index is 5.00. The molecule has 2 atom stereocenters. The lowest BCUT2D eigenvalue weighted by atomic mass is 9.96. The largest absolute Gasteiger partial charge is 0.465 e. The van der Waals surface area contributed by atoms with Crippen LogP contribution in [0.2, 0.25) is 0 Å². The summed E-state index contributed by atoms with van der Waals surface area (Å²) in [7, 11) is 2.04. The number of esters is 2. The Morgan fingerprint density at radius 1 is 0.406 bits per heavy atom. The Labute approximate surface area is 398 Å². The number of unbranched alkanes of at least 4 members (excludes halogenated alkanes) is 22. The predicted octanol–water partition coefficient (Wildman–Crippen LogP) is 15.3. The summed E-state index contributed by atoms with van der Waals surface area (Å²) >= 11 is 0. The van der Waals surface area contributed by atoms with E-state index in [2.05, 4.69) is 44.4 Å². The Bertz CT molecular complexity index is 969. The molecule has 0 fully saturated rings. The summed E-state index contributed by atoms with van der Waals surface area (Å²) in [6.07, 6.45) is 42.3. The number of likely N-dealkylation sites (N-methyl/N-ethyl adjacent to an activating group) is 1. The first-order valence-corrected chi connectivity index (χ1v) is 28.2. The highest BCUT2D eigenvalue weighted by Crippen LogP contribution is 2.23. The molecule has 0 bridgehead atoms. The van der Waals surface area contributed by atoms with E-state index >= 15 is 0 Å². The standard InChI is InChI=1S/C56H110N2O6/c1-7-12-17-24-33-42-54(60)58(46-45-57(6)47-48-59)53(40-31-25-20-22-27-34-43-55(61)63-49-51(36-15-10-4)38-29-18-13-8-2)41-32-26-21-23-28-35-44-56(62)64-50-52(37-16-11-5)39-30-19-14-9-3/h51-53,59H,7-50H2,1-6H3. The van der Waals surface area contributed by atoms with Crippen molar-refractivity contribution < 1.29 is 29.0 Å². The van der Waals surface area contributed by atoms with E-state index in [1.165, 1.54) is 122 Å². The van der Waals surface area contributed by atoms with Crippen molar-refractivity contribution >= 4 is 17.8 Å². The SMILES string of the molecule is CCCCCCCC(=O)N(CCN(C)CCO)C(CCCCCCCCC(=O)OCC(CCCC)CCCCCC)CCCCCCCCC(=O)OCC(CCCC)CCCCCC. The number of hydrogen-bond acceptors (Lipinski definition) is 7. The summed E-state index contributed by atoms with van der Waals surface area (Å²) in [5.74, 6) is 1.29. The van der Waals surface area contributed by atoms with Crippen LogP contribution in [0.4, 0.5) is 0 Å². The first kappa shape index (κ1) is 62.3. The average Bonchev–Trinajstić information content (AvgIpc) is 3.29. The summed E-state index contributed by atoms with van der Waals surface area (Å²) in [5.41, 5.74) is 0. The first-order chi connectivity index (χ1) is 31.3. The van der Waals surface area contributed by atoms with Gasteiger partial charge < -0.3 is 24.4 Å². The van der Waals surface area contributed by atoms with Crippen molar-refractivity contribution in [2.24, 2.45) is 11.8 Å². The molecule has 0 aliphatic carbocycles. The zero-order chi connectivity index (χ0) is 47.1. The second-order valence-corrected chi connectivity index (χ2v) is 19.8. The molecule has 1 amide bonds. The molecule has 2 unspecified atom stereocenters. The number of hydrogen-bond donors (Lipinski definition) is 1. The van der Waals surface area contributed by atoms with E-state index in [0.29, 0.717) is 56.8 Å². The second kappa shape index (κ2) is 47.8. The number of carbonyl (C=O) groups excluding carboxylic acids is 3. The van der Waals surface area contributed by atoms with E-state index in [4.69, 9.17) is 9.47 Å². The minimum atomic E-state index is -0.0211. The molecular weight excluding hydrogens is 797 g/mol. The van der Waals surface area contributed by atoms with E-state index in [-0.39, 0.29) is 24.6 Å². The number of amides is 1. The molecule has 0 aliphatic rings.